The molecule has 0 saturated heterocycles. The Kier molecular flexibility index (Phi) is 4.96. The number of aryl methyl sites for hydroxylation is 1. The van der Waals surface area contributed by atoms with Gasteiger partial charge in [0.05, 0.1) is 15.4 Å². The van der Waals surface area contributed by atoms with E-state index in [9.17, 15) is 23.3 Å². The van der Waals surface area contributed by atoms with Gasteiger partial charge in [-0.15, -0.1) is 11.3 Å². The van der Waals surface area contributed by atoms with E-state index in [2.05, 4.69) is 11.6 Å². The second-order valence-electron chi connectivity index (χ2n) is 6.73. The quantitative estimate of drug-likeness (QED) is 0.578. The van der Waals surface area contributed by atoms with Crippen LogP contribution in [-0.2, 0) is 22.9 Å². The Morgan fingerprint density at radius 2 is 2.11 bits per heavy atom. The number of carbonyl (C=O) groups is 1. The van der Waals surface area contributed by atoms with Crippen LogP contribution >= 0.6 is 11.3 Å². The number of primary amides is 1. The molecule has 1 atom stereocenters. The molecule has 1 heterocycles. The Morgan fingerprint density at radius 1 is 1.41 bits per heavy atom. The van der Waals surface area contributed by atoms with Gasteiger partial charge >= 0.3 is 0 Å². The van der Waals surface area contributed by atoms with E-state index in [1.165, 1.54) is 30.4 Å². The van der Waals surface area contributed by atoms with Crippen LogP contribution in [0.1, 0.15) is 39.7 Å². The fourth-order valence-electron chi connectivity index (χ4n) is 3.22. The number of fused-ring (bicyclic) bond motifs is 1. The van der Waals surface area contributed by atoms with Gasteiger partial charge in [0, 0.05) is 16.5 Å². The molecule has 1 aromatic carbocycles. The van der Waals surface area contributed by atoms with Crippen molar-refractivity contribution in [3.8, 4) is 0 Å². The van der Waals surface area contributed by atoms with Crippen molar-refractivity contribution in [2.24, 2.45) is 11.7 Å². The average Bonchev–Trinajstić information content (AvgIpc) is 2.90. The van der Waals surface area contributed by atoms with Gasteiger partial charge in [-0.1, -0.05) is 13.0 Å². The predicted molar refractivity (Wildman–Crippen MR) is 103 cm³/mol. The number of nitrogens with two attached hydrogens (primary N) is 1. The molecule has 2 aromatic rings. The van der Waals surface area contributed by atoms with Gasteiger partial charge in [-0.25, -0.2) is 8.42 Å². The molecular formula is C17H19N3O5S2. The molecule has 3 rings (SSSR count). The molecule has 1 aliphatic carbocycles. The number of benzene rings is 1. The molecule has 0 unspecified atom stereocenters. The summed E-state index contributed by atoms with van der Waals surface area (Å²) >= 11 is 1.20. The first-order valence-corrected chi connectivity index (χ1v) is 10.6. The molecule has 0 fully saturated rings. The zero-order valence-corrected chi connectivity index (χ0v) is 16.4. The zero-order valence-electron chi connectivity index (χ0n) is 14.8. The lowest BCUT2D eigenvalue weighted by Gasteiger charge is -2.18. The maximum Gasteiger partial charge on any atom is 0.273 e. The summed E-state index contributed by atoms with van der Waals surface area (Å²) in [5, 5.41) is 11.3. The Labute approximate surface area is 160 Å². The Hall–Kier alpha value is -2.46. The lowest BCUT2D eigenvalue weighted by atomic mass is 9.88. The molecule has 0 radical (unpaired) electrons. The van der Waals surface area contributed by atoms with Crippen LogP contribution in [-0.4, -0.2) is 19.2 Å². The predicted octanol–water partition coefficient (Wildman–Crippen LogP) is 2.99. The number of amides is 1. The highest BCUT2D eigenvalue weighted by molar-refractivity contribution is 7.93. The summed E-state index contributed by atoms with van der Waals surface area (Å²) in [6, 6.07) is 3.68. The molecule has 0 bridgehead atoms. The van der Waals surface area contributed by atoms with E-state index in [-0.39, 0.29) is 21.1 Å². The van der Waals surface area contributed by atoms with Crippen LogP contribution in [0.25, 0.3) is 0 Å². The maximum absolute atomic E-state index is 12.8. The summed E-state index contributed by atoms with van der Waals surface area (Å²) in [6.45, 7) is 3.63. The largest absolute Gasteiger partial charge is 0.365 e. The molecule has 1 aliphatic rings. The van der Waals surface area contributed by atoms with Crippen LogP contribution in [0.15, 0.2) is 23.1 Å². The molecule has 0 aliphatic heterocycles. The molecule has 1 aromatic heterocycles. The standard InChI is InChI=1S/C17H19N3O5S2/c1-9-3-6-12-14(7-9)26-17(15(12)16(18)21)19-27(24,25)11-5-4-10(2)13(8-11)20(22)23/h4-5,8-9,19H,3,6-7H2,1-2H3,(H2,18,21)/t9-/m0/s1. The van der Waals surface area contributed by atoms with E-state index in [4.69, 9.17) is 5.73 Å². The number of sulfonamides is 1. The lowest BCUT2D eigenvalue weighted by Crippen LogP contribution is -2.19. The highest BCUT2D eigenvalue weighted by Crippen LogP contribution is 2.40. The molecular weight excluding hydrogens is 390 g/mol. The number of nitro groups is 1. The molecule has 0 spiro atoms. The van der Waals surface area contributed by atoms with Crippen molar-refractivity contribution < 1.29 is 18.1 Å². The SMILES string of the molecule is Cc1ccc(S(=O)(=O)Nc2sc3c(c2C(N)=O)CC[C@H](C)C3)cc1[N+](=O)[O-]. The third kappa shape index (κ3) is 3.67. The van der Waals surface area contributed by atoms with E-state index < -0.39 is 20.9 Å². The van der Waals surface area contributed by atoms with Crippen molar-refractivity contribution in [1.29, 1.82) is 0 Å². The Bertz CT molecular complexity index is 1040. The summed E-state index contributed by atoms with van der Waals surface area (Å²) in [4.78, 5) is 23.1. The van der Waals surface area contributed by atoms with E-state index >= 15 is 0 Å². The van der Waals surface area contributed by atoms with Crippen molar-refractivity contribution in [2.75, 3.05) is 4.72 Å². The summed E-state index contributed by atoms with van der Waals surface area (Å²) in [5.41, 5.74) is 6.58. The molecule has 27 heavy (non-hydrogen) atoms. The van der Waals surface area contributed by atoms with Gasteiger partial charge in [0.1, 0.15) is 5.00 Å². The first-order valence-electron chi connectivity index (χ1n) is 8.32. The smallest absolute Gasteiger partial charge is 0.273 e. The third-order valence-electron chi connectivity index (χ3n) is 4.67. The maximum atomic E-state index is 12.8. The fraction of sp³-hybridized carbons (Fsp3) is 0.353. The number of hydrogen-bond donors (Lipinski definition) is 2. The van der Waals surface area contributed by atoms with Gasteiger partial charge in [0.15, 0.2) is 0 Å². The highest BCUT2D eigenvalue weighted by atomic mass is 32.2. The zero-order chi connectivity index (χ0) is 19.9. The first kappa shape index (κ1) is 19.3. The van der Waals surface area contributed by atoms with Gasteiger partial charge in [-0.3, -0.25) is 19.6 Å². The number of hydrogen-bond acceptors (Lipinski definition) is 6. The van der Waals surface area contributed by atoms with Gasteiger partial charge < -0.3 is 5.73 Å². The van der Waals surface area contributed by atoms with Crippen LogP contribution in [0.5, 0.6) is 0 Å². The normalized spacial score (nSPS) is 16.6. The van der Waals surface area contributed by atoms with Crippen molar-refractivity contribution in [2.45, 2.75) is 38.0 Å². The molecule has 0 saturated carbocycles. The number of thiophene rings is 1. The van der Waals surface area contributed by atoms with Gasteiger partial charge in [-0.05, 0) is 43.7 Å². The van der Waals surface area contributed by atoms with Crippen LogP contribution < -0.4 is 10.5 Å². The third-order valence-corrected chi connectivity index (χ3v) is 7.32. The lowest BCUT2D eigenvalue weighted by molar-refractivity contribution is -0.385. The number of nitro benzene ring substituents is 1. The van der Waals surface area contributed by atoms with Crippen molar-refractivity contribution >= 4 is 38.0 Å². The summed E-state index contributed by atoms with van der Waals surface area (Å²) < 4.78 is 27.9. The van der Waals surface area contributed by atoms with Crippen molar-refractivity contribution in [3.63, 3.8) is 0 Å². The molecule has 10 heteroatoms. The second kappa shape index (κ2) is 6.93. The molecule has 8 nitrogen and oxygen atoms in total. The Balaban J connectivity index is 2.03. The van der Waals surface area contributed by atoms with Crippen molar-refractivity contribution in [3.05, 3.63) is 49.9 Å². The fourth-order valence-corrected chi connectivity index (χ4v) is 5.96. The van der Waals surface area contributed by atoms with Gasteiger partial charge in [0.25, 0.3) is 21.6 Å². The average molecular weight is 409 g/mol. The van der Waals surface area contributed by atoms with Crippen molar-refractivity contribution in [1.82, 2.24) is 0 Å². The van der Waals surface area contributed by atoms with Crippen LogP contribution in [0.2, 0.25) is 0 Å². The number of rotatable bonds is 5. The van der Waals surface area contributed by atoms with Crippen LogP contribution in [0.3, 0.4) is 0 Å². The van der Waals surface area contributed by atoms with E-state index in [0.717, 1.165) is 29.3 Å². The number of anilines is 1. The summed E-state index contributed by atoms with van der Waals surface area (Å²) in [5.74, 6) is -0.240. The molecule has 144 valence electrons. The van der Waals surface area contributed by atoms with Crippen LogP contribution in [0.4, 0.5) is 10.7 Å². The summed E-state index contributed by atoms with van der Waals surface area (Å²) in [7, 11) is -4.11. The van der Waals surface area contributed by atoms with Gasteiger partial charge in [0.2, 0.25) is 0 Å². The van der Waals surface area contributed by atoms with E-state index in [1.54, 1.807) is 0 Å². The minimum Gasteiger partial charge on any atom is -0.365 e. The monoisotopic (exact) mass is 409 g/mol. The highest BCUT2D eigenvalue weighted by Gasteiger charge is 2.29. The Morgan fingerprint density at radius 3 is 2.74 bits per heavy atom. The molecule has 1 amide bonds. The minimum absolute atomic E-state index is 0.171. The first-order chi connectivity index (χ1) is 12.6. The number of nitrogens with one attached hydrogen (secondary N) is 1. The van der Waals surface area contributed by atoms with Crippen LogP contribution in [0, 0.1) is 23.0 Å². The van der Waals surface area contributed by atoms with E-state index in [0.29, 0.717) is 17.9 Å². The number of nitrogens with zero attached hydrogens (tertiary/aromatic N) is 1. The summed E-state index contributed by atoms with van der Waals surface area (Å²) in [6.07, 6.45) is 2.33. The molecule has 3 N–H and O–H groups in total. The topological polar surface area (TPSA) is 132 Å². The second-order valence-corrected chi connectivity index (χ2v) is 9.52. The van der Waals surface area contributed by atoms with E-state index in [1.807, 2.05) is 0 Å². The number of carbonyl (C=O) groups excluding carboxylic acids is 1. The minimum atomic E-state index is -4.11. The van der Waals surface area contributed by atoms with Gasteiger partial charge in [-0.2, -0.15) is 0 Å².